The summed E-state index contributed by atoms with van der Waals surface area (Å²) < 4.78 is 34.5. The number of esters is 1. The second kappa shape index (κ2) is 54.6. The molecule has 480 valence electrons. The second-order valence-electron chi connectivity index (χ2n) is 22.9. The molecule has 0 aromatic heterocycles. The van der Waals surface area contributed by atoms with E-state index in [0.29, 0.717) is 13.0 Å². The lowest BCUT2D eigenvalue weighted by molar-refractivity contribution is -0.332. The van der Waals surface area contributed by atoms with Crippen molar-refractivity contribution in [3.8, 4) is 0 Å². The van der Waals surface area contributed by atoms with Crippen molar-refractivity contribution < 1.29 is 69.0 Å². The Morgan fingerprint density at radius 1 is 0.410 bits per heavy atom. The van der Waals surface area contributed by atoms with Crippen molar-refractivity contribution in [2.24, 2.45) is 0 Å². The SMILES string of the molecule is CC/C=C\C/C=C\C/C=C\C/C=C\C/C=C\C/C=C\CCCCCCCCC(=O)OC(COCCCCCCCCCCCCCC/C=C\CCCCCCCCCC)COC1OC(COC2OC(CO)C(O)C(O)C2O)C(O)C(O)C1O. The Hall–Kier alpha value is -2.83. The molecule has 0 spiro atoms. The maximum atomic E-state index is 13.1. The highest BCUT2D eigenvalue weighted by molar-refractivity contribution is 5.69. The van der Waals surface area contributed by atoms with Crippen LogP contribution < -0.4 is 0 Å². The minimum Gasteiger partial charge on any atom is -0.457 e. The first-order valence-electron chi connectivity index (χ1n) is 33.2. The number of rotatable bonds is 54. The molecule has 0 radical (unpaired) electrons. The van der Waals surface area contributed by atoms with Crippen molar-refractivity contribution in [2.45, 2.75) is 313 Å². The van der Waals surface area contributed by atoms with Gasteiger partial charge in [0, 0.05) is 13.0 Å². The molecule has 0 aromatic rings. The van der Waals surface area contributed by atoms with Crippen molar-refractivity contribution in [2.75, 3.05) is 33.0 Å². The molecular weight excluding hydrogens is 1050 g/mol. The van der Waals surface area contributed by atoms with Gasteiger partial charge in [0.1, 0.15) is 54.9 Å². The van der Waals surface area contributed by atoms with Gasteiger partial charge >= 0.3 is 5.97 Å². The van der Waals surface area contributed by atoms with E-state index in [1.54, 1.807) is 0 Å². The van der Waals surface area contributed by atoms with Crippen LogP contribution in [0.15, 0.2) is 85.1 Å². The average molecular weight is 1170 g/mol. The monoisotopic (exact) mass is 1170 g/mol. The largest absolute Gasteiger partial charge is 0.457 e. The van der Waals surface area contributed by atoms with Crippen LogP contribution in [0.25, 0.3) is 0 Å². The fourth-order valence-electron chi connectivity index (χ4n) is 10.1. The van der Waals surface area contributed by atoms with E-state index in [4.69, 9.17) is 28.4 Å². The zero-order valence-corrected chi connectivity index (χ0v) is 51.9. The van der Waals surface area contributed by atoms with Gasteiger partial charge in [0.05, 0.1) is 26.4 Å². The van der Waals surface area contributed by atoms with E-state index < -0.39 is 86.7 Å². The zero-order valence-electron chi connectivity index (χ0n) is 51.9. The molecule has 11 unspecified atom stereocenters. The fourth-order valence-corrected chi connectivity index (χ4v) is 10.1. The minimum atomic E-state index is -1.72. The average Bonchev–Trinajstić information content (AvgIpc) is 3.67. The molecule has 0 bridgehead atoms. The van der Waals surface area contributed by atoms with Crippen molar-refractivity contribution in [1.29, 1.82) is 0 Å². The molecule has 14 heteroatoms. The number of carbonyl (C=O) groups excluding carboxylic acids is 1. The number of unbranched alkanes of at least 4 members (excludes halogenated alkanes) is 26. The molecule has 0 amide bonds. The standard InChI is InChI=1S/C69H120O14/c1-3-5-7-9-11-13-15-17-19-21-23-25-27-29-30-32-34-36-38-40-42-44-46-48-50-52-61(71)81-58(56-79-68-67(77)65(75)63(73)60(83-68)57-80-69-66(76)64(74)62(72)59(54-70)82-69)55-78-53-51-49-47-45-43-41-39-37-35-33-31-28-26-24-22-20-18-16-14-12-10-8-6-4-2/h5,7,11,13,17,19,22-25,29-30,34,36,58-60,62-70,72-77H,3-4,6,8-10,12,14-16,18,20-21,26-28,31-33,35,37-57H2,1-2H3/b7-5-,13-11-,19-17-,24-22-,25-23-,30-29-,36-34-. The Balaban J connectivity index is 1.68. The number of allylic oxidation sites excluding steroid dienone is 14. The number of hydrogen-bond donors (Lipinski definition) is 7. The van der Waals surface area contributed by atoms with Crippen molar-refractivity contribution >= 4 is 5.97 Å². The minimum absolute atomic E-state index is 0.0518. The van der Waals surface area contributed by atoms with Crippen LogP contribution in [0.2, 0.25) is 0 Å². The third-order valence-electron chi connectivity index (χ3n) is 15.4. The molecule has 0 saturated carbocycles. The Kier molecular flexibility index (Phi) is 50.1. The number of aliphatic hydroxyl groups excluding tert-OH is 7. The number of carbonyl (C=O) groups is 1. The molecule has 83 heavy (non-hydrogen) atoms. The predicted octanol–water partition coefficient (Wildman–Crippen LogP) is 13.5. The zero-order chi connectivity index (χ0) is 60.1. The molecule has 2 rings (SSSR count). The highest BCUT2D eigenvalue weighted by Gasteiger charge is 2.47. The molecule has 2 fully saturated rings. The lowest BCUT2D eigenvalue weighted by Crippen LogP contribution is -2.61. The molecule has 0 aliphatic carbocycles. The van der Waals surface area contributed by atoms with E-state index >= 15 is 0 Å². The van der Waals surface area contributed by atoms with Crippen molar-refractivity contribution in [3.63, 3.8) is 0 Å². The van der Waals surface area contributed by atoms with Gasteiger partial charge in [0.15, 0.2) is 12.6 Å². The second-order valence-corrected chi connectivity index (χ2v) is 22.9. The lowest BCUT2D eigenvalue weighted by atomic mass is 9.98. The van der Waals surface area contributed by atoms with Crippen LogP contribution in [-0.4, -0.2) is 142 Å². The van der Waals surface area contributed by atoms with Gasteiger partial charge in [-0.25, -0.2) is 0 Å². The van der Waals surface area contributed by atoms with Gasteiger partial charge in [-0.3, -0.25) is 4.79 Å². The molecule has 11 atom stereocenters. The van der Waals surface area contributed by atoms with E-state index in [0.717, 1.165) is 96.3 Å². The van der Waals surface area contributed by atoms with E-state index in [1.807, 2.05) is 0 Å². The first-order chi connectivity index (χ1) is 40.6. The molecule has 2 heterocycles. The van der Waals surface area contributed by atoms with Crippen LogP contribution in [0.1, 0.15) is 245 Å². The van der Waals surface area contributed by atoms with Gasteiger partial charge in [-0.2, -0.15) is 0 Å². The Morgan fingerprint density at radius 3 is 1.24 bits per heavy atom. The summed E-state index contributed by atoms with van der Waals surface area (Å²) in [6.45, 7) is 3.58. The quantitative estimate of drug-likeness (QED) is 0.0171. The maximum absolute atomic E-state index is 13.1. The molecule has 14 nitrogen and oxygen atoms in total. The fraction of sp³-hybridized carbons (Fsp3) is 0.783. The third kappa shape index (κ3) is 40.3. The molecular formula is C69H120O14. The molecule has 0 aromatic carbocycles. The Bertz CT molecular complexity index is 1690. The van der Waals surface area contributed by atoms with Crippen LogP contribution in [-0.2, 0) is 33.2 Å². The molecule has 2 aliphatic heterocycles. The maximum Gasteiger partial charge on any atom is 0.306 e. The van der Waals surface area contributed by atoms with E-state index in [-0.39, 0.29) is 19.6 Å². The molecule has 2 saturated heterocycles. The first kappa shape index (κ1) is 76.3. The summed E-state index contributed by atoms with van der Waals surface area (Å²) in [5.74, 6) is -0.390. The normalized spacial score (nSPS) is 24.0. The highest BCUT2D eigenvalue weighted by atomic mass is 16.7. The Labute approximate surface area is 503 Å². The smallest absolute Gasteiger partial charge is 0.306 e. The van der Waals surface area contributed by atoms with Gasteiger partial charge in [-0.1, -0.05) is 234 Å². The summed E-state index contributed by atoms with van der Waals surface area (Å²) in [6.07, 6.45) is 56.4. The summed E-state index contributed by atoms with van der Waals surface area (Å²) in [4.78, 5) is 13.1. The van der Waals surface area contributed by atoms with E-state index in [9.17, 15) is 40.5 Å². The lowest BCUT2D eigenvalue weighted by Gasteiger charge is -2.42. The van der Waals surface area contributed by atoms with Crippen molar-refractivity contribution in [1.82, 2.24) is 0 Å². The summed E-state index contributed by atoms with van der Waals surface area (Å²) in [6, 6.07) is 0. The van der Waals surface area contributed by atoms with Gasteiger partial charge < -0.3 is 64.2 Å². The van der Waals surface area contributed by atoms with Crippen LogP contribution in [0.4, 0.5) is 0 Å². The van der Waals surface area contributed by atoms with Crippen LogP contribution in [0.3, 0.4) is 0 Å². The number of ether oxygens (including phenoxy) is 6. The Morgan fingerprint density at radius 2 is 0.783 bits per heavy atom. The summed E-state index contributed by atoms with van der Waals surface area (Å²) in [5.41, 5.74) is 0. The number of hydrogen-bond acceptors (Lipinski definition) is 14. The van der Waals surface area contributed by atoms with Gasteiger partial charge in [0.2, 0.25) is 0 Å². The predicted molar refractivity (Wildman–Crippen MR) is 335 cm³/mol. The van der Waals surface area contributed by atoms with E-state index in [1.165, 1.54) is 122 Å². The topological polar surface area (TPSA) is 214 Å². The van der Waals surface area contributed by atoms with Gasteiger partial charge in [-0.05, 0) is 89.9 Å². The van der Waals surface area contributed by atoms with Crippen LogP contribution >= 0.6 is 0 Å². The summed E-state index contributed by atoms with van der Waals surface area (Å²) in [7, 11) is 0. The van der Waals surface area contributed by atoms with Gasteiger partial charge in [0.25, 0.3) is 0 Å². The first-order valence-corrected chi connectivity index (χ1v) is 33.2. The molecule has 2 aliphatic rings. The number of aliphatic hydroxyl groups is 7. The van der Waals surface area contributed by atoms with Crippen molar-refractivity contribution in [3.05, 3.63) is 85.1 Å². The highest BCUT2D eigenvalue weighted by Crippen LogP contribution is 2.27. The van der Waals surface area contributed by atoms with Gasteiger partial charge in [-0.15, -0.1) is 0 Å². The van der Waals surface area contributed by atoms with E-state index in [2.05, 4.69) is 98.9 Å². The third-order valence-corrected chi connectivity index (χ3v) is 15.4. The summed E-state index contributed by atoms with van der Waals surface area (Å²) >= 11 is 0. The summed E-state index contributed by atoms with van der Waals surface area (Å²) in [5, 5.41) is 72.6. The van der Waals surface area contributed by atoms with Crippen LogP contribution in [0.5, 0.6) is 0 Å². The van der Waals surface area contributed by atoms with Crippen LogP contribution in [0, 0.1) is 0 Å². The molecule has 7 N–H and O–H groups in total.